The Kier molecular flexibility index (Phi) is 3.57. The lowest BCUT2D eigenvalue weighted by Crippen LogP contribution is -2.43. The van der Waals surface area contributed by atoms with Crippen molar-refractivity contribution in [1.82, 2.24) is 14.8 Å². The second-order valence-corrected chi connectivity index (χ2v) is 6.81. The summed E-state index contributed by atoms with van der Waals surface area (Å²) in [5.41, 5.74) is 3.35. The van der Waals surface area contributed by atoms with Gasteiger partial charge in [-0.3, -0.25) is 9.69 Å². The smallest absolute Gasteiger partial charge is 0.293 e. The minimum Gasteiger partial charge on any atom is -0.293 e. The van der Waals surface area contributed by atoms with Crippen LogP contribution in [0.2, 0.25) is 0 Å². The Balaban J connectivity index is 1.73. The first-order valence-corrected chi connectivity index (χ1v) is 8.50. The monoisotopic (exact) mass is 366 g/mol. The molecule has 0 radical (unpaired) electrons. The highest BCUT2D eigenvalue weighted by molar-refractivity contribution is 7.16. The Labute approximate surface area is 144 Å². The molecule has 3 aromatic rings. The lowest BCUT2D eigenvalue weighted by atomic mass is 10.1. The van der Waals surface area contributed by atoms with E-state index < -0.39 is 12.2 Å². The van der Waals surface area contributed by atoms with Crippen LogP contribution in [0.3, 0.4) is 0 Å². The topological polar surface area (TPSA) is 51.0 Å². The molecule has 0 bridgehead atoms. The summed E-state index contributed by atoms with van der Waals surface area (Å²) in [4.78, 5) is 18.4. The molecule has 0 fully saturated rings. The number of rotatable bonds is 1. The zero-order chi connectivity index (χ0) is 17.8. The van der Waals surface area contributed by atoms with Crippen LogP contribution in [-0.4, -0.2) is 33.4 Å². The van der Waals surface area contributed by atoms with Gasteiger partial charge < -0.3 is 0 Å². The van der Waals surface area contributed by atoms with E-state index in [1.54, 1.807) is 30.6 Å². The van der Waals surface area contributed by atoms with Crippen molar-refractivity contribution in [3.05, 3.63) is 41.0 Å². The van der Waals surface area contributed by atoms with E-state index in [-0.39, 0.29) is 24.7 Å². The second kappa shape index (κ2) is 5.55. The Hall–Kier alpha value is -2.42. The molecule has 0 saturated heterocycles. The van der Waals surface area contributed by atoms with Gasteiger partial charge in [-0.1, -0.05) is 0 Å². The van der Waals surface area contributed by atoms with Crippen LogP contribution in [0.5, 0.6) is 0 Å². The summed E-state index contributed by atoms with van der Waals surface area (Å²) in [6.07, 6.45) is -4.62. The van der Waals surface area contributed by atoms with E-state index in [1.165, 1.54) is 22.3 Å². The number of carbonyl (C=O) groups is 1. The number of thiazole rings is 1. The Morgan fingerprint density at radius 3 is 2.88 bits per heavy atom. The van der Waals surface area contributed by atoms with Crippen molar-refractivity contribution >= 4 is 33.3 Å². The molecule has 130 valence electrons. The zero-order valence-electron chi connectivity index (χ0n) is 13.1. The number of hydrogen-bond donors (Lipinski definition) is 0. The summed E-state index contributed by atoms with van der Waals surface area (Å²) in [6.45, 7) is 1.61. The molecule has 3 heterocycles. The third kappa shape index (κ3) is 2.68. The van der Waals surface area contributed by atoms with E-state index in [4.69, 9.17) is 0 Å². The molecule has 1 aromatic carbocycles. The average molecular weight is 366 g/mol. The summed E-state index contributed by atoms with van der Waals surface area (Å²) in [6, 6.07) is 4.92. The standard InChI is InChI=1S/C16H13F3N4OS/c1-9-6-14-22(5-4-13(16(17,18)19)23(14)21-9)15(24)10-2-3-11-12(7-10)25-8-20-11/h2-3,6-8,13H,4-5H2,1H3/t13-/m0/s1. The van der Waals surface area contributed by atoms with Gasteiger partial charge in [0, 0.05) is 18.2 Å². The van der Waals surface area contributed by atoms with Crippen molar-refractivity contribution < 1.29 is 18.0 Å². The molecular weight excluding hydrogens is 353 g/mol. The molecule has 1 aliphatic heterocycles. The van der Waals surface area contributed by atoms with Crippen molar-refractivity contribution in [3.8, 4) is 0 Å². The molecule has 9 heteroatoms. The number of hydrogen-bond acceptors (Lipinski definition) is 4. The van der Waals surface area contributed by atoms with Crippen LogP contribution in [-0.2, 0) is 0 Å². The van der Waals surface area contributed by atoms with Gasteiger partial charge >= 0.3 is 6.18 Å². The van der Waals surface area contributed by atoms with Crippen LogP contribution in [0.25, 0.3) is 10.2 Å². The molecule has 0 spiro atoms. The Morgan fingerprint density at radius 1 is 1.32 bits per heavy atom. The highest BCUT2D eigenvalue weighted by Gasteiger charge is 2.46. The SMILES string of the molecule is Cc1cc2n(n1)[C@H](C(F)(F)F)CCN2C(=O)c1ccc2ncsc2c1. The van der Waals surface area contributed by atoms with Gasteiger partial charge in [-0.05, 0) is 31.5 Å². The van der Waals surface area contributed by atoms with Crippen LogP contribution in [0, 0.1) is 6.92 Å². The number of carbonyl (C=O) groups excluding carboxylic acids is 1. The minimum absolute atomic E-state index is 0.00509. The Bertz CT molecular complexity index is 962. The molecule has 0 saturated carbocycles. The van der Waals surface area contributed by atoms with Crippen molar-refractivity contribution in [1.29, 1.82) is 0 Å². The third-order valence-electron chi connectivity index (χ3n) is 4.24. The molecule has 1 atom stereocenters. The van der Waals surface area contributed by atoms with Crippen LogP contribution in [0.1, 0.15) is 28.5 Å². The van der Waals surface area contributed by atoms with Gasteiger partial charge in [0.15, 0.2) is 6.04 Å². The molecule has 5 nitrogen and oxygen atoms in total. The lowest BCUT2D eigenvalue weighted by molar-refractivity contribution is -0.172. The maximum Gasteiger partial charge on any atom is 0.410 e. The first kappa shape index (κ1) is 16.1. The summed E-state index contributed by atoms with van der Waals surface area (Å²) < 4.78 is 41.5. The molecule has 2 aromatic heterocycles. The van der Waals surface area contributed by atoms with E-state index in [0.29, 0.717) is 11.3 Å². The maximum atomic E-state index is 13.2. The van der Waals surface area contributed by atoms with Gasteiger partial charge in [-0.25, -0.2) is 9.67 Å². The fourth-order valence-corrected chi connectivity index (χ4v) is 3.79. The maximum absolute atomic E-state index is 13.2. The van der Waals surface area contributed by atoms with Gasteiger partial charge in [0.2, 0.25) is 0 Å². The average Bonchev–Trinajstić information content (AvgIpc) is 3.16. The number of amides is 1. The van der Waals surface area contributed by atoms with Crippen LogP contribution < -0.4 is 4.90 Å². The minimum atomic E-state index is -4.40. The van der Waals surface area contributed by atoms with E-state index in [9.17, 15) is 18.0 Å². The quantitative estimate of drug-likeness (QED) is 0.655. The predicted molar refractivity (Wildman–Crippen MR) is 88.0 cm³/mol. The third-order valence-corrected chi connectivity index (χ3v) is 5.03. The summed E-state index contributed by atoms with van der Waals surface area (Å²) in [7, 11) is 0. The van der Waals surface area contributed by atoms with Gasteiger partial charge in [0.05, 0.1) is 21.4 Å². The fraction of sp³-hybridized carbons (Fsp3) is 0.312. The van der Waals surface area contributed by atoms with Gasteiger partial charge in [0.25, 0.3) is 5.91 Å². The molecule has 25 heavy (non-hydrogen) atoms. The van der Waals surface area contributed by atoms with Crippen LogP contribution in [0.15, 0.2) is 29.8 Å². The van der Waals surface area contributed by atoms with E-state index in [1.807, 2.05) is 0 Å². The number of aryl methyl sites for hydroxylation is 1. The first-order chi connectivity index (χ1) is 11.8. The van der Waals surface area contributed by atoms with Crippen LogP contribution in [0.4, 0.5) is 19.0 Å². The normalized spacial score (nSPS) is 17.8. The van der Waals surface area contributed by atoms with Crippen molar-refractivity contribution in [2.24, 2.45) is 0 Å². The number of alkyl halides is 3. The van der Waals surface area contributed by atoms with Gasteiger partial charge in [0.1, 0.15) is 5.82 Å². The van der Waals surface area contributed by atoms with E-state index in [2.05, 4.69) is 10.1 Å². The molecule has 0 N–H and O–H groups in total. The van der Waals surface area contributed by atoms with Crippen molar-refractivity contribution in [2.45, 2.75) is 25.6 Å². The summed E-state index contributed by atoms with van der Waals surface area (Å²) >= 11 is 1.41. The lowest BCUT2D eigenvalue weighted by Gasteiger charge is -2.33. The number of nitrogens with zero attached hydrogens (tertiary/aromatic N) is 4. The Morgan fingerprint density at radius 2 is 2.12 bits per heavy atom. The molecule has 1 aliphatic rings. The fourth-order valence-electron chi connectivity index (χ4n) is 3.07. The highest BCUT2D eigenvalue weighted by atomic mass is 32.1. The van der Waals surface area contributed by atoms with Gasteiger partial charge in [-0.2, -0.15) is 18.3 Å². The van der Waals surface area contributed by atoms with E-state index >= 15 is 0 Å². The number of fused-ring (bicyclic) bond motifs is 2. The number of anilines is 1. The van der Waals surface area contributed by atoms with E-state index in [0.717, 1.165) is 14.9 Å². The molecule has 0 aliphatic carbocycles. The highest BCUT2D eigenvalue weighted by Crippen LogP contribution is 2.40. The zero-order valence-corrected chi connectivity index (χ0v) is 13.9. The van der Waals surface area contributed by atoms with Crippen molar-refractivity contribution in [3.63, 3.8) is 0 Å². The van der Waals surface area contributed by atoms with Crippen molar-refractivity contribution in [2.75, 3.05) is 11.4 Å². The molecular formula is C16H13F3N4OS. The number of halogens is 3. The number of aromatic nitrogens is 3. The van der Waals surface area contributed by atoms with Gasteiger partial charge in [-0.15, -0.1) is 11.3 Å². The second-order valence-electron chi connectivity index (χ2n) is 5.93. The summed E-state index contributed by atoms with van der Waals surface area (Å²) in [5.74, 6) is -0.155. The summed E-state index contributed by atoms with van der Waals surface area (Å²) in [5, 5.41) is 3.96. The number of benzene rings is 1. The molecule has 1 amide bonds. The largest absolute Gasteiger partial charge is 0.410 e. The first-order valence-electron chi connectivity index (χ1n) is 7.62. The van der Waals surface area contributed by atoms with Crippen LogP contribution >= 0.6 is 11.3 Å². The molecule has 4 rings (SSSR count). The molecule has 0 unspecified atom stereocenters. The predicted octanol–water partition coefficient (Wildman–Crippen LogP) is 3.96.